The van der Waals surface area contributed by atoms with Crippen LogP contribution in [0, 0.1) is 0 Å². The third-order valence-electron chi connectivity index (χ3n) is 3.13. The number of nitrogens with two attached hydrogens (primary N) is 1. The first-order valence-corrected chi connectivity index (χ1v) is 8.93. The number of aromatic nitrogens is 1. The van der Waals surface area contributed by atoms with E-state index in [9.17, 15) is 4.79 Å². The predicted molar refractivity (Wildman–Crippen MR) is 102 cm³/mol. The van der Waals surface area contributed by atoms with Crippen LogP contribution in [-0.2, 0) is 9.63 Å². The van der Waals surface area contributed by atoms with Crippen molar-refractivity contribution in [3.63, 3.8) is 0 Å². The monoisotopic (exact) mass is 383 g/mol. The summed E-state index contributed by atoms with van der Waals surface area (Å²) in [5.74, 6) is 2.29. The minimum absolute atomic E-state index is 0.0374. The van der Waals surface area contributed by atoms with Gasteiger partial charge in [0.25, 0.3) is 0 Å². The Balaban J connectivity index is 0.000000198. The molecular formula is C16H16Cl2N3O2P. The number of halogens is 2. The van der Waals surface area contributed by atoms with Gasteiger partial charge < -0.3 is 15.6 Å². The fraction of sp³-hybridized carbons (Fsp3) is 0.125. The zero-order valence-corrected chi connectivity index (χ0v) is 15.3. The second-order valence-corrected chi connectivity index (χ2v) is 7.31. The number of hydrogen-bond acceptors (Lipinski definition) is 3. The number of aromatic amines is 1. The molecule has 0 spiro atoms. The lowest BCUT2D eigenvalue weighted by atomic mass is 10.1. The van der Waals surface area contributed by atoms with Crippen LogP contribution in [0.1, 0.15) is 12.5 Å². The van der Waals surface area contributed by atoms with Crippen LogP contribution in [0.3, 0.4) is 0 Å². The fourth-order valence-corrected chi connectivity index (χ4v) is 3.40. The zero-order chi connectivity index (χ0) is 17.5. The van der Waals surface area contributed by atoms with Crippen molar-refractivity contribution < 1.29 is 9.63 Å². The van der Waals surface area contributed by atoms with Gasteiger partial charge in [-0.25, -0.2) is 0 Å². The summed E-state index contributed by atoms with van der Waals surface area (Å²) < 4.78 is 0. The Hall–Kier alpha value is -1.81. The molecular weight excluding hydrogens is 368 g/mol. The van der Waals surface area contributed by atoms with Crippen molar-refractivity contribution >= 4 is 55.0 Å². The van der Waals surface area contributed by atoms with Crippen molar-refractivity contribution in [3.8, 4) is 0 Å². The standard InChI is InChI=1S/C10H9N3O2.C6H7Cl2P/c11-10(13-15-6-14)8-2-1-3-9-7(8)4-5-12-9;1-4-2-5(7)6(8)9-3-4/h1-6,12H,(H2,11,13);2-3,6,9H,1H3. The first-order valence-electron chi connectivity index (χ1n) is 6.96. The number of hydrogen-bond donors (Lipinski definition) is 2. The van der Waals surface area contributed by atoms with E-state index < -0.39 is 0 Å². The van der Waals surface area contributed by atoms with E-state index in [0.29, 0.717) is 8.58 Å². The number of rotatable bonds is 3. The lowest BCUT2D eigenvalue weighted by molar-refractivity contribution is -0.128. The van der Waals surface area contributed by atoms with Gasteiger partial charge in [0.05, 0.1) is 5.12 Å². The number of carbonyl (C=O) groups is 1. The van der Waals surface area contributed by atoms with Crippen LogP contribution >= 0.6 is 31.8 Å². The number of oxime groups is 1. The topological polar surface area (TPSA) is 80.5 Å². The van der Waals surface area contributed by atoms with E-state index in [1.165, 1.54) is 5.57 Å². The highest BCUT2D eigenvalue weighted by Gasteiger charge is 2.10. The van der Waals surface area contributed by atoms with Crippen LogP contribution in [0.15, 0.2) is 58.1 Å². The molecule has 2 atom stereocenters. The van der Waals surface area contributed by atoms with Gasteiger partial charge in [0.2, 0.25) is 0 Å². The number of nitrogens with zero attached hydrogens (tertiary/aromatic N) is 1. The molecule has 0 aliphatic carbocycles. The van der Waals surface area contributed by atoms with Gasteiger partial charge in [-0.1, -0.05) is 43.3 Å². The molecule has 24 heavy (non-hydrogen) atoms. The molecule has 2 unspecified atom stereocenters. The van der Waals surface area contributed by atoms with E-state index in [-0.39, 0.29) is 17.4 Å². The van der Waals surface area contributed by atoms with Gasteiger partial charge in [0.1, 0.15) is 0 Å². The Morgan fingerprint density at radius 1 is 1.46 bits per heavy atom. The van der Waals surface area contributed by atoms with E-state index in [2.05, 4.69) is 20.8 Å². The van der Waals surface area contributed by atoms with E-state index in [1.807, 2.05) is 43.5 Å². The van der Waals surface area contributed by atoms with Crippen molar-refractivity contribution in [2.45, 2.75) is 12.0 Å². The summed E-state index contributed by atoms with van der Waals surface area (Å²) in [7, 11) is 0.639. The number of H-pyrrole nitrogens is 1. The summed E-state index contributed by atoms with van der Waals surface area (Å²) in [6.07, 6.45) is 3.72. The summed E-state index contributed by atoms with van der Waals surface area (Å²) in [4.78, 5) is 17.3. The maximum atomic E-state index is 9.96. The molecule has 0 radical (unpaired) electrons. The lowest BCUT2D eigenvalue weighted by Gasteiger charge is -2.10. The predicted octanol–water partition coefficient (Wildman–Crippen LogP) is 4.23. The summed E-state index contributed by atoms with van der Waals surface area (Å²) in [5, 5.41) is 5.20. The third-order valence-corrected chi connectivity index (χ3v) is 5.59. The summed E-state index contributed by atoms with van der Waals surface area (Å²) in [6, 6.07) is 7.46. The highest BCUT2D eigenvalue weighted by Crippen LogP contribution is 2.37. The van der Waals surface area contributed by atoms with Crippen LogP contribution in [-0.4, -0.2) is 22.4 Å². The highest BCUT2D eigenvalue weighted by molar-refractivity contribution is 7.45. The number of alkyl halides is 1. The molecule has 2 heterocycles. The van der Waals surface area contributed by atoms with Gasteiger partial charge in [0.15, 0.2) is 5.84 Å². The molecule has 8 heteroatoms. The lowest BCUT2D eigenvalue weighted by Crippen LogP contribution is -2.13. The maximum Gasteiger partial charge on any atom is 0.323 e. The molecule has 0 saturated carbocycles. The normalized spacial score (nSPS) is 18.5. The molecule has 1 aliphatic heterocycles. The number of benzene rings is 1. The van der Waals surface area contributed by atoms with Crippen molar-refractivity contribution in [3.05, 3.63) is 58.5 Å². The molecule has 2 aromatic rings. The molecule has 0 saturated heterocycles. The summed E-state index contributed by atoms with van der Waals surface area (Å²) >= 11 is 11.6. The first kappa shape index (κ1) is 18.5. The minimum atomic E-state index is 0.0374. The number of fused-ring (bicyclic) bond motifs is 1. The SMILES string of the molecule is CC1=CPC(Cl)C(Cl)=C1.N/C(=N\OC=O)c1cccc2[nH]ccc12. The molecule has 0 fully saturated rings. The van der Waals surface area contributed by atoms with Crippen molar-refractivity contribution in [1.29, 1.82) is 0 Å². The molecule has 0 amide bonds. The molecule has 1 aromatic heterocycles. The Morgan fingerprint density at radius 2 is 2.25 bits per heavy atom. The Labute approximate surface area is 151 Å². The average Bonchev–Trinajstić information content (AvgIpc) is 3.05. The second-order valence-electron chi connectivity index (χ2n) is 4.87. The Kier molecular flexibility index (Phi) is 6.85. The van der Waals surface area contributed by atoms with Gasteiger partial charge in [-0.15, -0.1) is 11.6 Å². The quantitative estimate of drug-likeness (QED) is 0.158. The largest absolute Gasteiger partial charge is 0.380 e. The van der Waals surface area contributed by atoms with E-state index in [1.54, 1.807) is 0 Å². The first-order chi connectivity index (χ1) is 11.5. The van der Waals surface area contributed by atoms with Gasteiger partial charge in [0, 0.05) is 27.7 Å². The van der Waals surface area contributed by atoms with E-state index in [4.69, 9.17) is 28.9 Å². The van der Waals surface area contributed by atoms with Gasteiger partial charge >= 0.3 is 6.47 Å². The van der Waals surface area contributed by atoms with Crippen molar-refractivity contribution in [2.75, 3.05) is 0 Å². The second kappa shape index (κ2) is 8.88. The average molecular weight is 384 g/mol. The number of allylic oxidation sites excluding steroid dienone is 3. The molecule has 3 rings (SSSR count). The van der Waals surface area contributed by atoms with Gasteiger partial charge in [-0.05, 0) is 30.7 Å². The zero-order valence-electron chi connectivity index (χ0n) is 12.8. The smallest absolute Gasteiger partial charge is 0.323 e. The highest BCUT2D eigenvalue weighted by atomic mass is 35.5. The van der Waals surface area contributed by atoms with Gasteiger partial charge in [-0.3, -0.25) is 4.79 Å². The molecule has 0 bridgehead atoms. The van der Waals surface area contributed by atoms with Crippen LogP contribution < -0.4 is 5.73 Å². The molecule has 1 aromatic carbocycles. The molecule has 1 aliphatic rings. The fourth-order valence-electron chi connectivity index (χ4n) is 2.05. The van der Waals surface area contributed by atoms with Crippen LogP contribution in [0.25, 0.3) is 10.9 Å². The third kappa shape index (κ3) is 4.84. The van der Waals surface area contributed by atoms with Crippen molar-refractivity contribution in [1.82, 2.24) is 4.98 Å². The molecule has 126 valence electrons. The molecule has 3 N–H and O–H groups in total. The van der Waals surface area contributed by atoms with E-state index >= 15 is 0 Å². The Bertz CT molecular complexity index is 815. The summed E-state index contributed by atoms with van der Waals surface area (Å²) in [5.41, 5.74) is 8.56. The molecule has 5 nitrogen and oxygen atoms in total. The maximum absolute atomic E-state index is 9.96. The number of carbonyl (C=O) groups excluding carboxylic acids is 1. The Morgan fingerprint density at radius 3 is 2.92 bits per heavy atom. The van der Waals surface area contributed by atoms with Crippen molar-refractivity contribution in [2.24, 2.45) is 10.9 Å². The number of nitrogens with one attached hydrogen (secondary N) is 1. The van der Waals surface area contributed by atoms with Crippen LogP contribution in [0.5, 0.6) is 0 Å². The van der Waals surface area contributed by atoms with Gasteiger partial charge in [-0.2, -0.15) is 0 Å². The number of amidine groups is 1. The summed E-state index contributed by atoms with van der Waals surface area (Å²) in [6.45, 7) is 2.25. The minimum Gasteiger partial charge on any atom is -0.380 e. The van der Waals surface area contributed by atoms with Crippen LogP contribution in [0.2, 0.25) is 0 Å². The van der Waals surface area contributed by atoms with E-state index in [0.717, 1.165) is 21.5 Å². The van der Waals surface area contributed by atoms with Crippen LogP contribution in [0.4, 0.5) is 0 Å².